The average molecular weight is 259 g/mol. The minimum absolute atomic E-state index is 0.121. The summed E-state index contributed by atoms with van der Waals surface area (Å²) in [6, 6.07) is 1.73. The Hall–Kier alpha value is -1.07. The fourth-order valence-corrected chi connectivity index (χ4v) is 2.50. The maximum absolute atomic E-state index is 11.8. The molecule has 1 saturated heterocycles. The van der Waals surface area contributed by atoms with Crippen LogP contribution in [0.1, 0.15) is 6.42 Å². The molecule has 0 aliphatic carbocycles. The summed E-state index contributed by atoms with van der Waals surface area (Å²) in [4.78, 5) is 25.0. The Morgan fingerprint density at radius 1 is 1.69 bits per heavy atom. The molecule has 4 nitrogen and oxygen atoms in total. The van der Waals surface area contributed by atoms with E-state index in [1.165, 1.54) is 11.3 Å². The molecule has 1 aromatic rings. The molecule has 16 heavy (non-hydrogen) atoms. The zero-order chi connectivity index (χ0) is 11.7. The van der Waals surface area contributed by atoms with Gasteiger partial charge in [-0.2, -0.15) is 0 Å². The first-order chi connectivity index (χ1) is 7.59. The summed E-state index contributed by atoms with van der Waals surface area (Å²) in [7, 11) is 1.70. The Kier molecular flexibility index (Phi) is 3.16. The monoisotopic (exact) mass is 258 g/mol. The number of hydrogen-bond donors (Lipinski definition) is 1. The topological polar surface area (TPSA) is 49.4 Å². The molecule has 2 heterocycles. The van der Waals surface area contributed by atoms with E-state index < -0.39 is 5.92 Å². The lowest BCUT2D eigenvalue weighted by Gasteiger charge is -2.10. The summed E-state index contributed by atoms with van der Waals surface area (Å²) >= 11 is 7.21. The predicted octanol–water partition coefficient (Wildman–Crippen LogP) is 1.82. The quantitative estimate of drug-likeness (QED) is 0.823. The van der Waals surface area contributed by atoms with Gasteiger partial charge in [-0.25, -0.2) is 0 Å². The molecule has 1 aliphatic rings. The Morgan fingerprint density at radius 3 is 2.94 bits per heavy atom. The van der Waals surface area contributed by atoms with Crippen molar-refractivity contribution < 1.29 is 9.59 Å². The minimum atomic E-state index is -0.569. The summed E-state index contributed by atoms with van der Waals surface area (Å²) in [5.41, 5.74) is 0.582. The van der Waals surface area contributed by atoms with Crippen molar-refractivity contribution >= 4 is 40.4 Å². The molecule has 0 aromatic carbocycles. The molecule has 0 unspecified atom stereocenters. The average Bonchev–Trinajstić information content (AvgIpc) is 2.77. The largest absolute Gasteiger partial charge is 0.345 e. The molecule has 1 N–H and O–H groups in total. The van der Waals surface area contributed by atoms with Crippen molar-refractivity contribution in [1.29, 1.82) is 0 Å². The number of carbonyl (C=O) groups is 2. The van der Waals surface area contributed by atoms with E-state index in [0.29, 0.717) is 23.0 Å². The van der Waals surface area contributed by atoms with Crippen LogP contribution in [0.25, 0.3) is 0 Å². The lowest BCUT2D eigenvalue weighted by atomic mass is 10.1. The third kappa shape index (κ3) is 2.05. The third-order valence-corrected chi connectivity index (χ3v) is 3.79. The van der Waals surface area contributed by atoms with E-state index in [4.69, 9.17) is 11.6 Å². The zero-order valence-electron chi connectivity index (χ0n) is 8.70. The van der Waals surface area contributed by atoms with Crippen LogP contribution in [-0.4, -0.2) is 30.3 Å². The minimum Gasteiger partial charge on any atom is -0.345 e. The van der Waals surface area contributed by atoms with Crippen LogP contribution in [0, 0.1) is 5.92 Å². The number of halogens is 1. The Morgan fingerprint density at radius 2 is 2.44 bits per heavy atom. The van der Waals surface area contributed by atoms with Gasteiger partial charge in [-0.05, 0) is 17.9 Å². The first-order valence-corrected chi connectivity index (χ1v) is 6.14. The van der Waals surface area contributed by atoms with Crippen LogP contribution >= 0.6 is 22.9 Å². The second-order valence-electron chi connectivity index (χ2n) is 3.70. The normalized spacial score (nSPS) is 20.2. The number of nitrogens with zero attached hydrogens (tertiary/aromatic N) is 1. The van der Waals surface area contributed by atoms with Crippen LogP contribution in [0.5, 0.6) is 0 Å². The molecule has 2 amide bonds. The highest BCUT2D eigenvalue weighted by molar-refractivity contribution is 7.15. The number of thiophene rings is 1. The molecule has 0 bridgehead atoms. The molecule has 0 spiro atoms. The van der Waals surface area contributed by atoms with Gasteiger partial charge in [0.15, 0.2) is 0 Å². The summed E-state index contributed by atoms with van der Waals surface area (Å²) in [6.45, 7) is 0.633. The standard InChI is InChI=1S/C10H11ClN2O2S/c1-13-4-2-6(10(13)15)9(14)12-7-3-5-16-8(7)11/h3,5-6H,2,4H2,1H3,(H,12,14)/t6-/m0/s1. The number of nitrogens with one attached hydrogen (secondary N) is 1. The molecule has 6 heteroatoms. The third-order valence-electron chi connectivity index (χ3n) is 2.62. The number of rotatable bonds is 2. The van der Waals surface area contributed by atoms with Crippen molar-refractivity contribution in [2.45, 2.75) is 6.42 Å². The van der Waals surface area contributed by atoms with E-state index in [2.05, 4.69) is 5.32 Å². The molecule has 86 valence electrons. The molecule has 1 atom stereocenters. The lowest BCUT2D eigenvalue weighted by Crippen LogP contribution is -2.30. The summed E-state index contributed by atoms with van der Waals surface area (Å²) in [5, 5.41) is 4.47. The Labute approximate surface area is 102 Å². The number of anilines is 1. The molecule has 1 fully saturated rings. The van der Waals surface area contributed by atoms with E-state index in [1.54, 1.807) is 23.4 Å². The molecule has 0 saturated carbocycles. The second-order valence-corrected chi connectivity index (χ2v) is 5.22. The van der Waals surface area contributed by atoms with Gasteiger partial charge < -0.3 is 10.2 Å². The van der Waals surface area contributed by atoms with Gasteiger partial charge in [0.05, 0.1) is 5.69 Å². The van der Waals surface area contributed by atoms with Crippen molar-refractivity contribution in [3.05, 3.63) is 15.8 Å². The van der Waals surface area contributed by atoms with Gasteiger partial charge in [-0.3, -0.25) is 9.59 Å². The second kappa shape index (κ2) is 4.43. The van der Waals surface area contributed by atoms with E-state index in [1.807, 2.05) is 0 Å². The van der Waals surface area contributed by atoms with Gasteiger partial charge in [0.1, 0.15) is 10.3 Å². The number of hydrogen-bond acceptors (Lipinski definition) is 3. The van der Waals surface area contributed by atoms with Crippen molar-refractivity contribution in [2.75, 3.05) is 18.9 Å². The Balaban J connectivity index is 2.04. The van der Waals surface area contributed by atoms with Gasteiger partial charge >= 0.3 is 0 Å². The highest BCUT2D eigenvalue weighted by Crippen LogP contribution is 2.28. The molecule has 2 rings (SSSR count). The first kappa shape index (κ1) is 11.4. The van der Waals surface area contributed by atoms with Gasteiger partial charge in [-0.1, -0.05) is 11.6 Å². The number of carbonyl (C=O) groups excluding carboxylic acids is 2. The van der Waals surface area contributed by atoms with E-state index in [0.717, 1.165) is 0 Å². The van der Waals surface area contributed by atoms with Crippen molar-refractivity contribution in [2.24, 2.45) is 5.92 Å². The van der Waals surface area contributed by atoms with Crippen LogP contribution in [0.4, 0.5) is 5.69 Å². The van der Waals surface area contributed by atoms with Crippen molar-refractivity contribution in [3.8, 4) is 0 Å². The molecular formula is C10H11ClN2O2S. The van der Waals surface area contributed by atoms with Crippen LogP contribution in [-0.2, 0) is 9.59 Å². The summed E-state index contributed by atoms with van der Waals surface area (Å²) in [6.07, 6.45) is 0.572. The van der Waals surface area contributed by atoms with Gasteiger partial charge in [-0.15, -0.1) is 11.3 Å². The Bertz CT molecular complexity index is 432. The van der Waals surface area contributed by atoms with Crippen LogP contribution in [0.2, 0.25) is 4.34 Å². The van der Waals surface area contributed by atoms with E-state index >= 15 is 0 Å². The van der Waals surface area contributed by atoms with Gasteiger partial charge in [0, 0.05) is 13.6 Å². The van der Waals surface area contributed by atoms with Crippen LogP contribution in [0.3, 0.4) is 0 Å². The van der Waals surface area contributed by atoms with Crippen LogP contribution in [0.15, 0.2) is 11.4 Å². The fourth-order valence-electron chi connectivity index (χ4n) is 1.67. The summed E-state index contributed by atoms with van der Waals surface area (Å²) in [5.74, 6) is -0.959. The summed E-state index contributed by atoms with van der Waals surface area (Å²) < 4.78 is 0.534. The maximum Gasteiger partial charge on any atom is 0.237 e. The molecule has 1 aromatic heterocycles. The highest BCUT2D eigenvalue weighted by Gasteiger charge is 2.35. The predicted molar refractivity (Wildman–Crippen MR) is 63.7 cm³/mol. The number of likely N-dealkylation sites (tertiary alicyclic amines) is 1. The van der Waals surface area contributed by atoms with Crippen molar-refractivity contribution in [3.63, 3.8) is 0 Å². The molecule has 0 radical (unpaired) electrons. The SMILES string of the molecule is CN1CC[C@@H](C(=O)Nc2ccsc2Cl)C1=O. The van der Waals surface area contributed by atoms with Crippen molar-refractivity contribution in [1.82, 2.24) is 4.90 Å². The fraction of sp³-hybridized carbons (Fsp3) is 0.400. The van der Waals surface area contributed by atoms with Crippen LogP contribution < -0.4 is 5.32 Å². The van der Waals surface area contributed by atoms with E-state index in [-0.39, 0.29) is 11.8 Å². The molecular weight excluding hydrogens is 248 g/mol. The zero-order valence-corrected chi connectivity index (χ0v) is 10.3. The first-order valence-electron chi connectivity index (χ1n) is 4.88. The van der Waals surface area contributed by atoms with Gasteiger partial charge in [0.2, 0.25) is 11.8 Å². The van der Waals surface area contributed by atoms with E-state index in [9.17, 15) is 9.59 Å². The lowest BCUT2D eigenvalue weighted by molar-refractivity contribution is -0.134. The van der Waals surface area contributed by atoms with Gasteiger partial charge in [0.25, 0.3) is 0 Å². The molecule has 1 aliphatic heterocycles. The highest BCUT2D eigenvalue weighted by atomic mass is 35.5. The smallest absolute Gasteiger partial charge is 0.237 e. The maximum atomic E-state index is 11.8. The number of amides is 2.